The minimum Gasteiger partial charge on any atom is -0.293 e. The van der Waals surface area contributed by atoms with Gasteiger partial charge in [0.25, 0.3) is 0 Å². The highest BCUT2D eigenvalue weighted by molar-refractivity contribution is 6.34. The van der Waals surface area contributed by atoms with Gasteiger partial charge >= 0.3 is 0 Å². The van der Waals surface area contributed by atoms with Crippen LogP contribution in [0.1, 0.15) is 0 Å². The van der Waals surface area contributed by atoms with Crippen molar-refractivity contribution in [2.24, 2.45) is 0 Å². The topological polar surface area (TPSA) is 17.8 Å². The van der Waals surface area contributed by atoms with Crippen LogP contribution >= 0.6 is 0 Å². The van der Waals surface area contributed by atoms with Crippen LogP contribution in [-0.2, 0) is 0 Å². The Morgan fingerprint density at radius 1 is 0.452 bits per heavy atom. The van der Waals surface area contributed by atoms with Crippen LogP contribution in [0.3, 0.4) is 0 Å². The zero-order chi connectivity index (χ0) is 20.4. The summed E-state index contributed by atoms with van der Waals surface area (Å²) in [5.41, 5.74) is 2.44. The Balaban J connectivity index is 1.91. The largest absolute Gasteiger partial charge is 0.293 e. The molecule has 0 aliphatic rings. The lowest BCUT2D eigenvalue weighted by Crippen LogP contribution is -1.97. The predicted molar refractivity (Wildman–Crippen MR) is 131 cm³/mol. The molecule has 0 bridgehead atoms. The molecule has 0 atom stereocenters. The van der Waals surface area contributed by atoms with Crippen molar-refractivity contribution >= 4 is 54.1 Å². The molecule has 0 saturated heterocycles. The van der Waals surface area contributed by atoms with E-state index in [4.69, 9.17) is 4.98 Å². The first-order chi connectivity index (χ1) is 15.4. The smallest absolute Gasteiger partial charge is 0.137 e. The van der Waals surface area contributed by atoms with Crippen LogP contribution in [0.4, 0.5) is 0 Å². The van der Waals surface area contributed by atoms with E-state index in [0.717, 1.165) is 5.82 Å². The zero-order valence-electron chi connectivity index (χ0n) is 16.8. The average molecular weight is 394 g/mol. The van der Waals surface area contributed by atoms with E-state index in [9.17, 15) is 0 Å². The van der Waals surface area contributed by atoms with Gasteiger partial charge in [-0.3, -0.25) is 4.57 Å². The molecule has 2 heterocycles. The van der Waals surface area contributed by atoms with E-state index in [-0.39, 0.29) is 0 Å². The normalized spacial score (nSPS) is 11.9. The van der Waals surface area contributed by atoms with Gasteiger partial charge in [-0.2, -0.15) is 0 Å². The predicted octanol–water partition coefficient (Wildman–Crippen LogP) is 7.64. The quantitative estimate of drug-likeness (QED) is 0.262. The number of rotatable bonds is 1. The Morgan fingerprint density at radius 2 is 1.10 bits per heavy atom. The average Bonchev–Trinajstić information content (AvgIpc) is 3.21. The van der Waals surface area contributed by atoms with Crippen LogP contribution < -0.4 is 0 Å². The molecule has 0 N–H and O–H groups in total. The highest BCUT2D eigenvalue weighted by Crippen LogP contribution is 2.43. The molecular weight excluding hydrogens is 376 g/mol. The Morgan fingerprint density at radius 3 is 1.87 bits per heavy atom. The molecule has 5 aromatic carbocycles. The number of aromatic nitrogens is 2. The first-order valence-corrected chi connectivity index (χ1v) is 10.6. The molecule has 0 radical (unpaired) electrons. The van der Waals surface area contributed by atoms with Crippen molar-refractivity contribution < 1.29 is 0 Å². The summed E-state index contributed by atoms with van der Waals surface area (Å²) >= 11 is 0. The first kappa shape index (κ1) is 16.6. The number of nitrogens with zero attached hydrogens (tertiary/aromatic N) is 2. The van der Waals surface area contributed by atoms with Crippen molar-refractivity contribution in [3.8, 4) is 5.82 Å². The third-order valence-electron chi connectivity index (χ3n) is 6.40. The number of hydrogen-bond donors (Lipinski definition) is 0. The number of fused-ring (bicyclic) bond motifs is 10. The van der Waals surface area contributed by atoms with Gasteiger partial charge in [0.2, 0.25) is 0 Å². The van der Waals surface area contributed by atoms with Crippen LogP contribution in [0, 0.1) is 0 Å². The van der Waals surface area contributed by atoms with Crippen molar-refractivity contribution in [2.75, 3.05) is 0 Å². The Labute approximate surface area is 179 Å². The molecule has 7 aromatic rings. The lowest BCUT2D eigenvalue weighted by Gasteiger charge is -2.11. The van der Waals surface area contributed by atoms with Gasteiger partial charge in [-0.1, -0.05) is 91.0 Å². The summed E-state index contributed by atoms with van der Waals surface area (Å²) < 4.78 is 2.36. The minimum atomic E-state index is 0.944. The van der Waals surface area contributed by atoms with E-state index >= 15 is 0 Å². The summed E-state index contributed by atoms with van der Waals surface area (Å²) in [6.07, 6.45) is 1.88. The first-order valence-electron chi connectivity index (χ1n) is 10.6. The highest BCUT2D eigenvalue weighted by Gasteiger charge is 2.20. The summed E-state index contributed by atoms with van der Waals surface area (Å²) in [4.78, 5) is 4.78. The summed E-state index contributed by atoms with van der Waals surface area (Å²) in [5.74, 6) is 0.944. The number of pyridine rings is 1. The molecule has 0 aliphatic carbocycles. The Bertz CT molecular complexity index is 1780. The fourth-order valence-corrected chi connectivity index (χ4v) is 5.15. The van der Waals surface area contributed by atoms with Crippen LogP contribution in [0.25, 0.3) is 59.9 Å². The molecule has 0 fully saturated rings. The maximum atomic E-state index is 4.78. The van der Waals surface area contributed by atoms with Crippen molar-refractivity contribution in [2.45, 2.75) is 0 Å². The lowest BCUT2D eigenvalue weighted by molar-refractivity contribution is 1.09. The van der Waals surface area contributed by atoms with Crippen molar-refractivity contribution in [1.29, 1.82) is 0 Å². The van der Waals surface area contributed by atoms with Crippen LogP contribution in [0.5, 0.6) is 0 Å². The van der Waals surface area contributed by atoms with Crippen molar-refractivity contribution in [3.05, 3.63) is 109 Å². The second kappa shape index (κ2) is 6.16. The van der Waals surface area contributed by atoms with Gasteiger partial charge in [0, 0.05) is 27.7 Å². The van der Waals surface area contributed by atoms with E-state index < -0.39 is 0 Å². The van der Waals surface area contributed by atoms with Gasteiger partial charge in [-0.15, -0.1) is 0 Å². The molecule has 2 aromatic heterocycles. The Hall–Kier alpha value is -4.17. The molecule has 7 rings (SSSR count). The molecule has 0 saturated carbocycles. The monoisotopic (exact) mass is 394 g/mol. The molecule has 0 unspecified atom stereocenters. The van der Waals surface area contributed by atoms with Crippen LogP contribution in [0.2, 0.25) is 0 Å². The van der Waals surface area contributed by atoms with Crippen molar-refractivity contribution in [1.82, 2.24) is 9.55 Å². The van der Waals surface area contributed by atoms with Crippen LogP contribution in [-0.4, -0.2) is 9.55 Å². The summed E-state index contributed by atoms with van der Waals surface area (Å²) in [6, 6.07) is 36.8. The molecule has 0 amide bonds. The molecule has 2 heteroatoms. The molecule has 144 valence electrons. The van der Waals surface area contributed by atoms with E-state index in [1.54, 1.807) is 0 Å². The lowest BCUT2D eigenvalue weighted by atomic mass is 9.96. The zero-order valence-corrected chi connectivity index (χ0v) is 16.8. The van der Waals surface area contributed by atoms with Gasteiger partial charge in [-0.05, 0) is 33.7 Å². The standard InChI is InChI=1S/C29H18N2/c1-2-10-20-19(9-1)16-17-25-27-23-13-5-3-11-21(23)22-12-4-6-14-24(22)29(27)31(28(20)25)26-15-7-8-18-30-26/h1-18H. The molecular formula is C29H18N2. The molecule has 31 heavy (non-hydrogen) atoms. The van der Waals surface area contributed by atoms with Crippen LogP contribution in [0.15, 0.2) is 109 Å². The van der Waals surface area contributed by atoms with Gasteiger partial charge < -0.3 is 0 Å². The van der Waals surface area contributed by atoms with E-state index in [2.05, 4.69) is 102 Å². The minimum absolute atomic E-state index is 0.944. The van der Waals surface area contributed by atoms with E-state index in [1.165, 1.54) is 54.1 Å². The summed E-state index contributed by atoms with van der Waals surface area (Å²) in [5, 5.41) is 10.1. The molecule has 2 nitrogen and oxygen atoms in total. The number of benzene rings is 5. The van der Waals surface area contributed by atoms with Crippen molar-refractivity contribution in [3.63, 3.8) is 0 Å². The molecule has 0 spiro atoms. The van der Waals surface area contributed by atoms with E-state index in [0.29, 0.717) is 0 Å². The SMILES string of the molecule is c1ccc(-n2c3c4ccccc4ccc3c3c4ccccc4c4ccccc4c32)nc1. The third kappa shape index (κ3) is 2.19. The second-order valence-corrected chi connectivity index (χ2v) is 8.02. The second-order valence-electron chi connectivity index (χ2n) is 8.02. The fourth-order valence-electron chi connectivity index (χ4n) is 5.15. The summed E-state index contributed by atoms with van der Waals surface area (Å²) in [6.45, 7) is 0. The third-order valence-corrected chi connectivity index (χ3v) is 6.40. The van der Waals surface area contributed by atoms with E-state index in [1.807, 2.05) is 12.3 Å². The Kier molecular flexibility index (Phi) is 3.30. The number of hydrogen-bond acceptors (Lipinski definition) is 1. The van der Waals surface area contributed by atoms with Gasteiger partial charge in [0.05, 0.1) is 11.0 Å². The fraction of sp³-hybridized carbons (Fsp3) is 0. The summed E-state index contributed by atoms with van der Waals surface area (Å²) in [7, 11) is 0. The molecule has 0 aliphatic heterocycles. The maximum absolute atomic E-state index is 4.78. The van der Waals surface area contributed by atoms with Gasteiger partial charge in [0.15, 0.2) is 0 Å². The maximum Gasteiger partial charge on any atom is 0.137 e. The highest BCUT2D eigenvalue weighted by atomic mass is 15.1. The van der Waals surface area contributed by atoms with Gasteiger partial charge in [-0.25, -0.2) is 4.98 Å². The van der Waals surface area contributed by atoms with Gasteiger partial charge in [0.1, 0.15) is 5.82 Å².